The minimum absolute atomic E-state index is 0.504. The van der Waals surface area contributed by atoms with Crippen molar-refractivity contribution in [2.24, 2.45) is 0 Å². The van der Waals surface area contributed by atoms with E-state index >= 15 is 0 Å². The van der Waals surface area contributed by atoms with Crippen LogP contribution in [0.15, 0.2) is 47.4 Å². The molecule has 21 heavy (non-hydrogen) atoms. The van der Waals surface area contributed by atoms with Gasteiger partial charge in [0, 0.05) is 9.92 Å². The van der Waals surface area contributed by atoms with Crippen molar-refractivity contribution in [3.8, 4) is 0 Å². The first kappa shape index (κ1) is 15.9. The number of carboxylic acids is 1. The molecular formula is C17H17ClO2S. The summed E-state index contributed by atoms with van der Waals surface area (Å²) in [4.78, 5) is 12.4. The van der Waals surface area contributed by atoms with E-state index in [-0.39, 0.29) is 0 Å². The molecule has 0 saturated carbocycles. The van der Waals surface area contributed by atoms with Gasteiger partial charge in [-0.15, -0.1) is 11.8 Å². The molecule has 0 heterocycles. The number of carboxylic acid groups (broad SMARTS) is 1. The molecule has 0 aromatic heterocycles. The summed E-state index contributed by atoms with van der Waals surface area (Å²) in [6.45, 7) is 4.09. The van der Waals surface area contributed by atoms with E-state index in [2.05, 4.69) is 13.0 Å². The van der Waals surface area contributed by atoms with Crippen molar-refractivity contribution in [3.63, 3.8) is 0 Å². The molecule has 1 atom stereocenters. The van der Waals surface area contributed by atoms with Crippen LogP contribution in [0, 0.1) is 13.8 Å². The second kappa shape index (κ2) is 7.01. The fraction of sp³-hybridized carbons (Fsp3) is 0.235. The molecular weight excluding hydrogens is 304 g/mol. The number of benzene rings is 2. The van der Waals surface area contributed by atoms with Crippen LogP contribution < -0.4 is 0 Å². The summed E-state index contributed by atoms with van der Waals surface area (Å²) in [6.07, 6.45) is 0.504. The number of carbonyl (C=O) groups is 1. The molecule has 0 aliphatic carbocycles. The van der Waals surface area contributed by atoms with Gasteiger partial charge in [0.05, 0.1) is 0 Å². The predicted molar refractivity (Wildman–Crippen MR) is 88.4 cm³/mol. The van der Waals surface area contributed by atoms with Crippen molar-refractivity contribution in [2.45, 2.75) is 30.4 Å². The highest BCUT2D eigenvalue weighted by Crippen LogP contribution is 2.27. The van der Waals surface area contributed by atoms with Crippen LogP contribution in [0.4, 0.5) is 0 Å². The Hall–Kier alpha value is -1.45. The first-order valence-corrected chi connectivity index (χ1v) is 7.92. The molecule has 4 heteroatoms. The first-order chi connectivity index (χ1) is 9.95. The minimum Gasteiger partial charge on any atom is -0.480 e. The Morgan fingerprint density at radius 3 is 2.38 bits per heavy atom. The maximum atomic E-state index is 11.5. The number of hydrogen-bond acceptors (Lipinski definition) is 2. The number of aryl methyl sites for hydroxylation is 2. The van der Waals surface area contributed by atoms with Crippen LogP contribution >= 0.6 is 23.4 Å². The average Bonchev–Trinajstić information content (AvgIpc) is 2.44. The highest BCUT2D eigenvalue weighted by atomic mass is 35.5. The van der Waals surface area contributed by atoms with Crippen molar-refractivity contribution >= 4 is 29.3 Å². The second-order valence-electron chi connectivity index (χ2n) is 5.02. The van der Waals surface area contributed by atoms with Gasteiger partial charge in [0.15, 0.2) is 0 Å². The van der Waals surface area contributed by atoms with Crippen LogP contribution in [0.3, 0.4) is 0 Å². The van der Waals surface area contributed by atoms with Crippen LogP contribution in [-0.4, -0.2) is 16.3 Å². The fourth-order valence-corrected chi connectivity index (χ4v) is 3.13. The lowest BCUT2D eigenvalue weighted by atomic mass is 10.0. The van der Waals surface area contributed by atoms with Crippen LogP contribution in [0.1, 0.15) is 16.7 Å². The molecule has 0 fully saturated rings. The lowest BCUT2D eigenvalue weighted by molar-refractivity contribution is -0.136. The third-order valence-corrected chi connectivity index (χ3v) is 4.81. The van der Waals surface area contributed by atoms with Gasteiger partial charge in [-0.2, -0.15) is 0 Å². The molecule has 2 aromatic carbocycles. The predicted octanol–water partition coefficient (Wildman–Crippen LogP) is 4.74. The summed E-state index contributed by atoms with van der Waals surface area (Å²) in [5.74, 6) is -0.798. The Morgan fingerprint density at radius 2 is 1.81 bits per heavy atom. The number of thioether (sulfide) groups is 1. The summed E-state index contributed by atoms with van der Waals surface area (Å²) < 4.78 is 0. The normalized spacial score (nSPS) is 12.1. The van der Waals surface area contributed by atoms with Gasteiger partial charge in [-0.05, 0) is 61.2 Å². The third-order valence-electron chi connectivity index (χ3n) is 3.36. The van der Waals surface area contributed by atoms with Gasteiger partial charge in [-0.25, -0.2) is 0 Å². The summed E-state index contributed by atoms with van der Waals surface area (Å²) in [7, 11) is 0. The fourth-order valence-electron chi connectivity index (χ4n) is 2.00. The Bertz CT molecular complexity index is 638. The quantitative estimate of drug-likeness (QED) is 0.808. The van der Waals surface area contributed by atoms with Gasteiger partial charge >= 0.3 is 5.97 Å². The van der Waals surface area contributed by atoms with Gasteiger partial charge in [-0.1, -0.05) is 29.8 Å². The Balaban J connectivity index is 2.13. The monoisotopic (exact) mass is 320 g/mol. The van der Waals surface area contributed by atoms with Gasteiger partial charge in [0.1, 0.15) is 5.25 Å². The molecule has 2 nitrogen and oxygen atoms in total. The molecule has 1 N–H and O–H groups in total. The van der Waals surface area contributed by atoms with E-state index in [0.717, 1.165) is 10.5 Å². The molecule has 0 bridgehead atoms. The summed E-state index contributed by atoms with van der Waals surface area (Å²) >= 11 is 7.20. The minimum atomic E-state index is -0.798. The van der Waals surface area contributed by atoms with Crippen LogP contribution in [0.2, 0.25) is 5.02 Å². The summed E-state index contributed by atoms with van der Waals surface area (Å²) in [6, 6.07) is 13.4. The van der Waals surface area contributed by atoms with E-state index in [9.17, 15) is 9.90 Å². The highest BCUT2D eigenvalue weighted by Gasteiger charge is 2.19. The van der Waals surface area contributed by atoms with Crippen molar-refractivity contribution < 1.29 is 9.90 Å². The van der Waals surface area contributed by atoms with Crippen molar-refractivity contribution in [1.82, 2.24) is 0 Å². The molecule has 110 valence electrons. The maximum absolute atomic E-state index is 11.5. The second-order valence-corrected chi connectivity index (χ2v) is 6.73. The van der Waals surface area contributed by atoms with E-state index in [1.54, 1.807) is 12.1 Å². The Labute approximate surface area is 134 Å². The zero-order valence-electron chi connectivity index (χ0n) is 12.0. The van der Waals surface area contributed by atoms with Gasteiger partial charge in [0.2, 0.25) is 0 Å². The molecule has 0 aliphatic rings. The number of aliphatic carboxylic acids is 1. The van der Waals surface area contributed by atoms with Crippen LogP contribution in [-0.2, 0) is 11.2 Å². The third kappa shape index (κ3) is 4.51. The Morgan fingerprint density at radius 1 is 1.14 bits per heavy atom. The van der Waals surface area contributed by atoms with Gasteiger partial charge < -0.3 is 5.11 Å². The summed E-state index contributed by atoms with van der Waals surface area (Å²) in [5.41, 5.74) is 3.45. The molecule has 0 radical (unpaired) electrons. The van der Waals surface area contributed by atoms with Crippen LogP contribution in [0.25, 0.3) is 0 Å². The zero-order valence-corrected chi connectivity index (χ0v) is 13.5. The van der Waals surface area contributed by atoms with Crippen molar-refractivity contribution in [1.29, 1.82) is 0 Å². The smallest absolute Gasteiger partial charge is 0.317 e. The SMILES string of the molecule is Cc1ccc(C[C@H](Sc2ccc(Cl)cc2)C(=O)O)cc1C. The van der Waals surface area contributed by atoms with Crippen molar-refractivity contribution in [3.05, 3.63) is 64.2 Å². The summed E-state index contributed by atoms with van der Waals surface area (Å²) in [5, 5.41) is 9.57. The maximum Gasteiger partial charge on any atom is 0.317 e. The molecule has 2 rings (SSSR count). The largest absolute Gasteiger partial charge is 0.480 e. The van der Waals surface area contributed by atoms with E-state index in [0.29, 0.717) is 11.4 Å². The molecule has 0 unspecified atom stereocenters. The molecule has 0 aliphatic heterocycles. The van der Waals surface area contributed by atoms with E-state index in [1.165, 1.54) is 22.9 Å². The standard InChI is InChI=1S/C17H17ClO2S/c1-11-3-4-13(9-12(11)2)10-16(17(19)20)21-15-7-5-14(18)6-8-15/h3-9,16H,10H2,1-2H3,(H,19,20)/t16-/m0/s1. The van der Waals surface area contributed by atoms with E-state index < -0.39 is 11.2 Å². The van der Waals surface area contributed by atoms with Gasteiger partial charge in [0.25, 0.3) is 0 Å². The zero-order chi connectivity index (χ0) is 15.4. The van der Waals surface area contributed by atoms with E-state index in [4.69, 9.17) is 11.6 Å². The first-order valence-electron chi connectivity index (χ1n) is 6.67. The number of hydrogen-bond donors (Lipinski definition) is 1. The van der Waals surface area contributed by atoms with Crippen molar-refractivity contribution in [2.75, 3.05) is 0 Å². The van der Waals surface area contributed by atoms with Crippen LogP contribution in [0.5, 0.6) is 0 Å². The molecule has 2 aromatic rings. The Kier molecular flexibility index (Phi) is 5.32. The topological polar surface area (TPSA) is 37.3 Å². The molecule has 0 saturated heterocycles. The van der Waals surface area contributed by atoms with Gasteiger partial charge in [-0.3, -0.25) is 4.79 Å². The van der Waals surface area contributed by atoms with E-state index in [1.807, 2.05) is 31.2 Å². The average molecular weight is 321 g/mol. The molecule has 0 spiro atoms. The molecule has 0 amide bonds. The lowest BCUT2D eigenvalue weighted by Gasteiger charge is -2.13. The lowest BCUT2D eigenvalue weighted by Crippen LogP contribution is -2.19. The number of rotatable bonds is 5. The number of halogens is 1. The highest BCUT2D eigenvalue weighted by molar-refractivity contribution is 8.00.